The standard InChI is InChI=1S/C11H20N4S/c1-4-15(5-2)6-7-16-11-13-9(3)8-10(12)14-11/h8H,4-7H2,1-3H3,(H2,12,13,14). The largest absolute Gasteiger partial charge is 0.384 e. The molecule has 0 fully saturated rings. The van der Waals surface area contributed by atoms with Crippen LogP contribution in [0.25, 0.3) is 0 Å². The lowest BCUT2D eigenvalue weighted by atomic mass is 10.4. The molecule has 0 spiro atoms. The second kappa shape index (κ2) is 6.70. The van der Waals surface area contributed by atoms with E-state index in [1.54, 1.807) is 17.8 Å². The summed E-state index contributed by atoms with van der Waals surface area (Å²) in [7, 11) is 0. The summed E-state index contributed by atoms with van der Waals surface area (Å²) in [5, 5.41) is 0.782. The number of aromatic nitrogens is 2. The van der Waals surface area contributed by atoms with Gasteiger partial charge in [0.15, 0.2) is 5.16 Å². The van der Waals surface area contributed by atoms with Crippen molar-refractivity contribution in [2.75, 3.05) is 31.1 Å². The van der Waals surface area contributed by atoms with Gasteiger partial charge in [-0.15, -0.1) is 0 Å². The molecule has 0 unspecified atom stereocenters. The summed E-state index contributed by atoms with van der Waals surface area (Å²) in [6.07, 6.45) is 0. The van der Waals surface area contributed by atoms with Crippen molar-refractivity contribution in [3.05, 3.63) is 11.8 Å². The molecule has 4 nitrogen and oxygen atoms in total. The van der Waals surface area contributed by atoms with E-state index in [9.17, 15) is 0 Å². The van der Waals surface area contributed by atoms with Crippen LogP contribution in [-0.4, -0.2) is 40.3 Å². The van der Waals surface area contributed by atoms with Crippen molar-refractivity contribution in [1.82, 2.24) is 14.9 Å². The molecule has 2 N–H and O–H groups in total. The molecule has 5 heteroatoms. The summed E-state index contributed by atoms with van der Waals surface area (Å²) >= 11 is 1.66. The molecule has 0 aliphatic heterocycles. The second-order valence-electron chi connectivity index (χ2n) is 3.59. The van der Waals surface area contributed by atoms with Crippen LogP contribution in [0.3, 0.4) is 0 Å². The van der Waals surface area contributed by atoms with Crippen molar-refractivity contribution in [2.24, 2.45) is 0 Å². The number of nitrogens with two attached hydrogens (primary N) is 1. The Kier molecular flexibility index (Phi) is 5.55. The van der Waals surface area contributed by atoms with Crippen LogP contribution in [0.2, 0.25) is 0 Å². The molecule has 0 aliphatic rings. The van der Waals surface area contributed by atoms with Gasteiger partial charge in [-0.2, -0.15) is 0 Å². The van der Waals surface area contributed by atoms with Crippen LogP contribution in [0.4, 0.5) is 5.82 Å². The van der Waals surface area contributed by atoms with E-state index < -0.39 is 0 Å². The molecule has 0 bridgehead atoms. The Morgan fingerprint density at radius 1 is 1.31 bits per heavy atom. The first-order chi connectivity index (χ1) is 7.65. The van der Waals surface area contributed by atoms with Gasteiger partial charge in [-0.05, 0) is 20.0 Å². The average molecular weight is 240 g/mol. The van der Waals surface area contributed by atoms with Crippen molar-refractivity contribution in [3.8, 4) is 0 Å². The second-order valence-corrected chi connectivity index (χ2v) is 4.65. The number of nitrogen functional groups attached to an aromatic ring is 1. The smallest absolute Gasteiger partial charge is 0.189 e. The zero-order valence-electron chi connectivity index (χ0n) is 10.2. The third kappa shape index (κ3) is 4.37. The number of hydrogen-bond donors (Lipinski definition) is 1. The Hall–Kier alpha value is -0.810. The van der Waals surface area contributed by atoms with E-state index in [1.807, 2.05) is 6.92 Å². The molecule has 0 aliphatic carbocycles. The van der Waals surface area contributed by atoms with Crippen LogP contribution < -0.4 is 5.73 Å². The summed E-state index contributed by atoms with van der Waals surface area (Å²) in [5.41, 5.74) is 6.60. The third-order valence-electron chi connectivity index (χ3n) is 2.39. The maximum absolute atomic E-state index is 5.67. The first kappa shape index (κ1) is 13.3. The normalized spacial score (nSPS) is 11.0. The van der Waals surface area contributed by atoms with Gasteiger partial charge in [0.25, 0.3) is 0 Å². The summed E-state index contributed by atoms with van der Waals surface area (Å²) < 4.78 is 0. The van der Waals surface area contributed by atoms with E-state index >= 15 is 0 Å². The quantitative estimate of drug-likeness (QED) is 0.607. The van der Waals surface area contributed by atoms with Gasteiger partial charge in [-0.3, -0.25) is 0 Å². The third-order valence-corrected chi connectivity index (χ3v) is 3.21. The highest BCUT2D eigenvalue weighted by molar-refractivity contribution is 7.99. The molecular weight excluding hydrogens is 220 g/mol. The molecule has 0 saturated heterocycles. The van der Waals surface area contributed by atoms with E-state index in [2.05, 4.69) is 28.7 Å². The van der Waals surface area contributed by atoms with Crippen molar-refractivity contribution < 1.29 is 0 Å². The predicted octanol–water partition coefficient (Wildman–Crippen LogP) is 1.80. The van der Waals surface area contributed by atoms with Crippen LogP contribution in [0.15, 0.2) is 11.2 Å². The number of hydrogen-bond acceptors (Lipinski definition) is 5. The van der Waals surface area contributed by atoms with E-state index in [0.29, 0.717) is 5.82 Å². The number of anilines is 1. The van der Waals surface area contributed by atoms with Crippen LogP contribution in [-0.2, 0) is 0 Å². The maximum Gasteiger partial charge on any atom is 0.189 e. The van der Waals surface area contributed by atoms with Crippen molar-refractivity contribution in [3.63, 3.8) is 0 Å². The fourth-order valence-electron chi connectivity index (χ4n) is 1.44. The van der Waals surface area contributed by atoms with E-state index in [1.165, 1.54) is 0 Å². The molecule has 0 saturated carbocycles. The first-order valence-corrected chi connectivity index (χ1v) is 6.60. The molecule has 90 valence electrons. The van der Waals surface area contributed by atoms with Crippen LogP contribution in [0, 0.1) is 6.92 Å². The maximum atomic E-state index is 5.67. The molecule has 1 heterocycles. The Balaban J connectivity index is 2.42. The molecular formula is C11H20N4S. The van der Waals surface area contributed by atoms with Crippen LogP contribution in [0.1, 0.15) is 19.5 Å². The minimum atomic E-state index is 0.554. The Morgan fingerprint density at radius 3 is 2.56 bits per heavy atom. The molecule has 1 rings (SSSR count). The SMILES string of the molecule is CCN(CC)CCSc1nc(C)cc(N)n1. The van der Waals surface area contributed by atoms with Crippen molar-refractivity contribution in [1.29, 1.82) is 0 Å². The van der Waals surface area contributed by atoms with Crippen molar-refractivity contribution in [2.45, 2.75) is 25.9 Å². The minimum Gasteiger partial charge on any atom is -0.384 e. The topological polar surface area (TPSA) is 55.0 Å². The molecule has 1 aromatic heterocycles. The summed E-state index contributed by atoms with van der Waals surface area (Å²) in [6.45, 7) is 9.54. The van der Waals surface area contributed by atoms with E-state index in [0.717, 1.165) is 36.2 Å². The lowest BCUT2D eigenvalue weighted by molar-refractivity contribution is 0.324. The van der Waals surface area contributed by atoms with Gasteiger partial charge in [0.05, 0.1) is 0 Å². The highest BCUT2D eigenvalue weighted by Crippen LogP contribution is 2.14. The number of thioether (sulfide) groups is 1. The van der Waals surface area contributed by atoms with Crippen LogP contribution in [0.5, 0.6) is 0 Å². The Bertz CT molecular complexity index is 306. The lowest BCUT2D eigenvalue weighted by Crippen LogP contribution is -2.25. The summed E-state index contributed by atoms with van der Waals surface area (Å²) in [4.78, 5) is 10.9. The molecule has 16 heavy (non-hydrogen) atoms. The summed E-state index contributed by atoms with van der Waals surface area (Å²) in [5.74, 6) is 1.56. The Labute approximate surface area is 102 Å². The molecule has 1 aromatic rings. The fraction of sp³-hybridized carbons (Fsp3) is 0.636. The predicted molar refractivity (Wildman–Crippen MR) is 69.7 cm³/mol. The van der Waals surface area contributed by atoms with E-state index in [4.69, 9.17) is 5.73 Å². The van der Waals surface area contributed by atoms with Gasteiger partial charge in [-0.25, -0.2) is 9.97 Å². The monoisotopic (exact) mass is 240 g/mol. The average Bonchev–Trinajstić information content (AvgIpc) is 2.23. The van der Waals surface area contributed by atoms with Gasteiger partial charge in [-0.1, -0.05) is 25.6 Å². The zero-order valence-corrected chi connectivity index (χ0v) is 11.0. The highest BCUT2D eigenvalue weighted by atomic mass is 32.2. The summed E-state index contributed by atoms with van der Waals surface area (Å²) in [6, 6.07) is 1.79. The lowest BCUT2D eigenvalue weighted by Gasteiger charge is -2.16. The number of aryl methyl sites for hydroxylation is 1. The van der Waals surface area contributed by atoms with E-state index in [-0.39, 0.29) is 0 Å². The molecule has 0 amide bonds. The van der Waals surface area contributed by atoms with Gasteiger partial charge in [0, 0.05) is 24.1 Å². The minimum absolute atomic E-state index is 0.554. The molecule has 0 aromatic carbocycles. The van der Waals surface area contributed by atoms with Crippen molar-refractivity contribution >= 4 is 17.6 Å². The van der Waals surface area contributed by atoms with Gasteiger partial charge in [0.1, 0.15) is 5.82 Å². The highest BCUT2D eigenvalue weighted by Gasteiger charge is 2.03. The fourth-order valence-corrected chi connectivity index (χ4v) is 2.35. The number of rotatable bonds is 6. The van der Waals surface area contributed by atoms with Gasteiger partial charge in [0.2, 0.25) is 0 Å². The zero-order chi connectivity index (χ0) is 12.0. The van der Waals surface area contributed by atoms with Crippen LogP contribution >= 0.6 is 11.8 Å². The first-order valence-electron chi connectivity index (χ1n) is 5.62. The Morgan fingerprint density at radius 2 is 2.00 bits per heavy atom. The van der Waals surface area contributed by atoms with Gasteiger partial charge < -0.3 is 10.6 Å². The molecule has 0 atom stereocenters. The van der Waals surface area contributed by atoms with Gasteiger partial charge >= 0.3 is 0 Å². The number of nitrogens with zero attached hydrogens (tertiary/aromatic N) is 3. The molecule has 0 radical (unpaired) electrons.